The van der Waals surface area contributed by atoms with Gasteiger partial charge in [-0.05, 0) is 31.7 Å². The molecule has 13 heavy (non-hydrogen) atoms. The van der Waals surface area contributed by atoms with Crippen LogP contribution < -0.4 is 0 Å². The molecule has 1 aliphatic rings. The molecule has 0 N–H and O–H groups in total. The summed E-state index contributed by atoms with van der Waals surface area (Å²) in [5, 5.41) is 0. The first kappa shape index (κ1) is 8.76. The van der Waals surface area contributed by atoms with E-state index in [0.717, 1.165) is 0 Å². The van der Waals surface area contributed by atoms with Crippen LogP contribution in [0.15, 0.2) is 30.3 Å². The molecule has 1 aliphatic heterocycles. The predicted octanol–water partition coefficient (Wildman–Crippen LogP) is 3.32. The average Bonchev–Trinajstić information content (AvgIpc) is 2.19. The molecule has 1 aromatic rings. The van der Waals surface area contributed by atoms with Crippen molar-refractivity contribution in [3.8, 4) is 0 Å². The highest BCUT2D eigenvalue weighted by Crippen LogP contribution is 2.30. The Morgan fingerprint density at radius 2 is 1.92 bits per heavy atom. The number of benzene rings is 1. The second-order valence-electron chi connectivity index (χ2n) is 3.78. The van der Waals surface area contributed by atoms with E-state index < -0.39 is 0 Å². The summed E-state index contributed by atoms with van der Waals surface area (Å²) in [6.45, 7) is 2.16. The van der Waals surface area contributed by atoms with E-state index in [-0.39, 0.29) is 0 Å². The molecule has 0 bridgehead atoms. The molecule has 1 aromatic carbocycles. The van der Waals surface area contributed by atoms with Gasteiger partial charge in [-0.25, -0.2) is 0 Å². The number of ether oxygens (including phenoxy) is 1. The smallest absolute Gasteiger partial charge is 0.0828 e. The summed E-state index contributed by atoms with van der Waals surface area (Å²) in [4.78, 5) is 0. The minimum absolute atomic E-state index is 0.338. The first-order valence-electron chi connectivity index (χ1n) is 5.06. The highest BCUT2D eigenvalue weighted by molar-refractivity contribution is 5.17. The number of hydrogen-bond acceptors (Lipinski definition) is 1. The molecule has 0 saturated carbocycles. The molecule has 2 atom stereocenters. The van der Waals surface area contributed by atoms with E-state index in [9.17, 15) is 0 Å². The lowest BCUT2D eigenvalue weighted by molar-refractivity contribution is -0.0414. The van der Waals surface area contributed by atoms with Crippen molar-refractivity contribution in [1.29, 1.82) is 0 Å². The summed E-state index contributed by atoms with van der Waals surface area (Å²) in [6, 6.07) is 10.5. The Morgan fingerprint density at radius 3 is 2.62 bits per heavy atom. The quantitative estimate of drug-likeness (QED) is 0.637. The van der Waals surface area contributed by atoms with E-state index in [0.29, 0.717) is 12.2 Å². The second-order valence-corrected chi connectivity index (χ2v) is 3.78. The largest absolute Gasteiger partial charge is 0.371 e. The maximum Gasteiger partial charge on any atom is 0.0828 e. The summed E-state index contributed by atoms with van der Waals surface area (Å²) in [5.74, 6) is 0. The van der Waals surface area contributed by atoms with Crippen LogP contribution in [0.3, 0.4) is 0 Å². The summed E-state index contributed by atoms with van der Waals surface area (Å²) < 4.78 is 5.87. The van der Waals surface area contributed by atoms with Crippen LogP contribution in [0.25, 0.3) is 0 Å². The van der Waals surface area contributed by atoms with Gasteiger partial charge in [0.2, 0.25) is 0 Å². The molecule has 0 spiro atoms. The van der Waals surface area contributed by atoms with Gasteiger partial charge in [-0.2, -0.15) is 0 Å². The van der Waals surface area contributed by atoms with E-state index >= 15 is 0 Å². The molecule has 1 heteroatoms. The van der Waals surface area contributed by atoms with Crippen molar-refractivity contribution in [1.82, 2.24) is 0 Å². The zero-order valence-electron chi connectivity index (χ0n) is 8.07. The van der Waals surface area contributed by atoms with Gasteiger partial charge in [-0.15, -0.1) is 0 Å². The molecule has 70 valence electrons. The summed E-state index contributed by atoms with van der Waals surface area (Å²) in [7, 11) is 0. The number of rotatable bonds is 1. The summed E-state index contributed by atoms with van der Waals surface area (Å²) in [5.41, 5.74) is 1.33. The first-order valence-corrected chi connectivity index (χ1v) is 5.06. The van der Waals surface area contributed by atoms with Gasteiger partial charge < -0.3 is 4.74 Å². The van der Waals surface area contributed by atoms with E-state index in [1.165, 1.54) is 24.8 Å². The van der Waals surface area contributed by atoms with Crippen LogP contribution in [-0.2, 0) is 4.74 Å². The first-order chi connectivity index (χ1) is 6.36. The summed E-state index contributed by atoms with van der Waals surface area (Å²) in [6.07, 6.45) is 4.45. The number of hydrogen-bond donors (Lipinski definition) is 0. The molecule has 1 saturated heterocycles. The third kappa shape index (κ3) is 2.10. The van der Waals surface area contributed by atoms with Crippen LogP contribution in [0.5, 0.6) is 0 Å². The van der Waals surface area contributed by atoms with Gasteiger partial charge in [-0.3, -0.25) is 0 Å². The van der Waals surface area contributed by atoms with Crippen molar-refractivity contribution < 1.29 is 4.74 Å². The van der Waals surface area contributed by atoms with Crippen LogP contribution in [-0.4, -0.2) is 6.10 Å². The van der Waals surface area contributed by atoms with E-state index in [1.54, 1.807) is 0 Å². The summed E-state index contributed by atoms with van der Waals surface area (Å²) >= 11 is 0. The molecule has 1 heterocycles. The van der Waals surface area contributed by atoms with Gasteiger partial charge in [-0.1, -0.05) is 30.3 Å². The van der Waals surface area contributed by atoms with Crippen LogP contribution in [0.2, 0.25) is 0 Å². The molecule has 2 rings (SSSR count). The Labute approximate surface area is 79.7 Å². The monoisotopic (exact) mass is 176 g/mol. The van der Waals surface area contributed by atoms with Crippen LogP contribution >= 0.6 is 0 Å². The van der Waals surface area contributed by atoms with Gasteiger partial charge >= 0.3 is 0 Å². The third-order valence-electron chi connectivity index (χ3n) is 2.64. The van der Waals surface area contributed by atoms with Gasteiger partial charge in [0.15, 0.2) is 0 Å². The maximum absolute atomic E-state index is 5.87. The van der Waals surface area contributed by atoms with Crippen molar-refractivity contribution >= 4 is 0 Å². The minimum atomic E-state index is 0.338. The zero-order valence-corrected chi connectivity index (χ0v) is 8.07. The van der Waals surface area contributed by atoms with Crippen LogP contribution in [0.1, 0.15) is 37.9 Å². The molecular weight excluding hydrogens is 160 g/mol. The van der Waals surface area contributed by atoms with E-state index in [1.807, 2.05) is 0 Å². The van der Waals surface area contributed by atoms with Crippen molar-refractivity contribution in [2.75, 3.05) is 0 Å². The normalized spacial score (nSPS) is 28.7. The Kier molecular flexibility index (Phi) is 2.65. The fourth-order valence-corrected chi connectivity index (χ4v) is 1.92. The lowest BCUT2D eigenvalue weighted by atomic mass is 9.99. The topological polar surface area (TPSA) is 9.23 Å². The minimum Gasteiger partial charge on any atom is -0.371 e. The second kappa shape index (κ2) is 3.93. The van der Waals surface area contributed by atoms with Gasteiger partial charge in [0.1, 0.15) is 0 Å². The molecule has 0 aromatic heterocycles. The van der Waals surface area contributed by atoms with Gasteiger partial charge in [0, 0.05) is 0 Å². The molecular formula is C12H16O. The van der Waals surface area contributed by atoms with Crippen LogP contribution in [0.4, 0.5) is 0 Å². The Balaban J connectivity index is 2.08. The van der Waals surface area contributed by atoms with Crippen molar-refractivity contribution in [2.45, 2.75) is 38.4 Å². The van der Waals surface area contributed by atoms with Crippen molar-refractivity contribution in [3.63, 3.8) is 0 Å². The molecule has 0 radical (unpaired) electrons. The molecule has 0 amide bonds. The lowest BCUT2D eigenvalue weighted by Gasteiger charge is -2.28. The SMILES string of the molecule is C[C@H]1CCC[C@@H](c2ccccc2)O1. The molecule has 1 nitrogen and oxygen atoms in total. The fourth-order valence-electron chi connectivity index (χ4n) is 1.92. The molecule has 0 unspecified atom stereocenters. The molecule has 1 fully saturated rings. The maximum atomic E-state index is 5.87. The van der Waals surface area contributed by atoms with Crippen LogP contribution in [0, 0.1) is 0 Å². The standard InChI is InChI=1S/C12H16O/c1-10-6-5-9-12(13-10)11-7-3-2-4-8-11/h2-4,7-8,10,12H,5-6,9H2,1H3/t10-,12-/m0/s1. The Bertz CT molecular complexity index is 255. The van der Waals surface area contributed by atoms with Crippen molar-refractivity contribution in [3.05, 3.63) is 35.9 Å². The van der Waals surface area contributed by atoms with Crippen molar-refractivity contribution in [2.24, 2.45) is 0 Å². The average molecular weight is 176 g/mol. The predicted molar refractivity (Wildman–Crippen MR) is 53.6 cm³/mol. The van der Waals surface area contributed by atoms with E-state index in [2.05, 4.69) is 37.3 Å². The highest BCUT2D eigenvalue weighted by Gasteiger charge is 2.19. The lowest BCUT2D eigenvalue weighted by Crippen LogP contribution is -2.19. The van der Waals surface area contributed by atoms with Gasteiger partial charge in [0.05, 0.1) is 12.2 Å². The zero-order chi connectivity index (χ0) is 9.10. The van der Waals surface area contributed by atoms with E-state index in [4.69, 9.17) is 4.74 Å². The molecule has 0 aliphatic carbocycles. The Hall–Kier alpha value is -0.820. The highest BCUT2D eigenvalue weighted by atomic mass is 16.5. The Morgan fingerprint density at radius 1 is 1.15 bits per heavy atom. The fraction of sp³-hybridized carbons (Fsp3) is 0.500. The van der Waals surface area contributed by atoms with Gasteiger partial charge in [0.25, 0.3) is 0 Å². The third-order valence-corrected chi connectivity index (χ3v) is 2.64.